The van der Waals surface area contributed by atoms with Gasteiger partial charge in [-0.2, -0.15) is 0 Å². The van der Waals surface area contributed by atoms with Crippen LogP contribution in [0.15, 0.2) is 53.4 Å². The van der Waals surface area contributed by atoms with Gasteiger partial charge in [-0.15, -0.1) is 0 Å². The van der Waals surface area contributed by atoms with Gasteiger partial charge in [0.2, 0.25) is 0 Å². The van der Waals surface area contributed by atoms with Crippen LogP contribution in [-0.4, -0.2) is 34.6 Å². The Morgan fingerprint density at radius 2 is 1.61 bits per heavy atom. The molecule has 0 atom stereocenters. The van der Waals surface area contributed by atoms with Crippen LogP contribution in [0.2, 0.25) is 0 Å². The third-order valence-electron chi connectivity index (χ3n) is 3.95. The smallest absolute Gasteiger partial charge is 0.261 e. The highest BCUT2D eigenvalue weighted by Gasteiger charge is 2.14. The van der Waals surface area contributed by atoms with Gasteiger partial charge in [0.25, 0.3) is 15.9 Å². The lowest BCUT2D eigenvalue weighted by Crippen LogP contribution is -2.29. The van der Waals surface area contributed by atoms with Crippen molar-refractivity contribution < 1.29 is 22.7 Å². The number of amides is 1. The number of ether oxygens (including phenoxy) is 2. The fourth-order valence-corrected chi connectivity index (χ4v) is 3.45. The van der Waals surface area contributed by atoms with E-state index in [4.69, 9.17) is 9.47 Å². The van der Waals surface area contributed by atoms with Crippen molar-refractivity contribution >= 4 is 21.6 Å². The molecule has 1 amide bonds. The van der Waals surface area contributed by atoms with Gasteiger partial charge in [-0.1, -0.05) is 19.8 Å². The monoisotopic (exact) mass is 406 g/mol. The summed E-state index contributed by atoms with van der Waals surface area (Å²) in [6.07, 6.45) is 3.10. The first-order chi connectivity index (χ1) is 13.4. The fourth-order valence-electron chi connectivity index (χ4n) is 2.39. The number of carbonyl (C=O) groups excluding carboxylic acids is 1. The topological polar surface area (TPSA) is 93.7 Å². The van der Waals surface area contributed by atoms with Crippen molar-refractivity contribution in [2.24, 2.45) is 0 Å². The zero-order valence-electron chi connectivity index (χ0n) is 16.1. The van der Waals surface area contributed by atoms with Crippen LogP contribution in [0.4, 0.5) is 5.69 Å². The first-order valence-electron chi connectivity index (χ1n) is 9.11. The molecule has 0 radical (unpaired) electrons. The second-order valence-electron chi connectivity index (χ2n) is 6.15. The van der Waals surface area contributed by atoms with Crippen LogP contribution in [0.5, 0.6) is 11.5 Å². The third kappa shape index (κ3) is 6.77. The molecule has 0 fully saturated rings. The second kappa shape index (κ2) is 10.6. The largest absolute Gasteiger partial charge is 0.497 e. The maximum atomic E-state index is 12.5. The normalized spacial score (nSPS) is 10.9. The summed E-state index contributed by atoms with van der Waals surface area (Å²) >= 11 is 0. The van der Waals surface area contributed by atoms with Gasteiger partial charge in [0, 0.05) is 12.2 Å². The van der Waals surface area contributed by atoms with Crippen molar-refractivity contribution in [2.45, 2.75) is 31.1 Å². The molecule has 0 aliphatic heterocycles. The Hall–Kier alpha value is -2.74. The van der Waals surface area contributed by atoms with Crippen molar-refractivity contribution in [2.75, 3.05) is 25.0 Å². The number of unbranched alkanes of at least 4 members (excludes halogenated alkanes) is 2. The van der Waals surface area contributed by atoms with Crippen molar-refractivity contribution in [3.8, 4) is 11.5 Å². The molecular formula is C20H26N2O5S. The second-order valence-corrected chi connectivity index (χ2v) is 7.83. The number of sulfonamides is 1. The van der Waals surface area contributed by atoms with Crippen LogP contribution in [0.25, 0.3) is 0 Å². The van der Waals surface area contributed by atoms with Crippen LogP contribution in [0.3, 0.4) is 0 Å². The molecule has 0 heterocycles. The van der Waals surface area contributed by atoms with E-state index in [1.807, 2.05) is 0 Å². The molecule has 0 spiro atoms. The highest BCUT2D eigenvalue weighted by Crippen LogP contribution is 2.21. The Morgan fingerprint density at radius 3 is 2.21 bits per heavy atom. The van der Waals surface area contributed by atoms with Gasteiger partial charge in [-0.25, -0.2) is 8.42 Å². The van der Waals surface area contributed by atoms with Gasteiger partial charge in [0.1, 0.15) is 11.5 Å². The minimum atomic E-state index is -3.72. The van der Waals surface area contributed by atoms with Gasteiger partial charge in [-0.05, 0) is 55.0 Å². The lowest BCUT2D eigenvalue weighted by Gasteiger charge is -2.10. The molecule has 0 aromatic heterocycles. The van der Waals surface area contributed by atoms with Crippen molar-refractivity contribution in [3.63, 3.8) is 0 Å². The summed E-state index contributed by atoms with van der Waals surface area (Å²) in [6.45, 7) is 2.62. The number of carbonyl (C=O) groups is 1. The summed E-state index contributed by atoms with van der Waals surface area (Å²) in [4.78, 5) is 11.8. The highest BCUT2D eigenvalue weighted by atomic mass is 32.2. The Bertz CT molecular complexity index is 849. The zero-order valence-corrected chi connectivity index (χ0v) is 16.9. The molecule has 7 nitrogen and oxygen atoms in total. The van der Waals surface area contributed by atoms with E-state index in [1.54, 1.807) is 31.4 Å². The summed E-state index contributed by atoms with van der Waals surface area (Å²) in [7, 11) is -2.18. The first kappa shape index (κ1) is 21.6. The summed E-state index contributed by atoms with van der Waals surface area (Å²) in [5.41, 5.74) is 0.431. The van der Waals surface area contributed by atoms with Gasteiger partial charge < -0.3 is 14.8 Å². The van der Waals surface area contributed by atoms with E-state index >= 15 is 0 Å². The lowest BCUT2D eigenvalue weighted by molar-refractivity contribution is -0.123. The number of hydrogen-bond acceptors (Lipinski definition) is 5. The molecule has 0 saturated heterocycles. The minimum absolute atomic E-state index is 0.0969. The molecule has 152 valence electrons. The van der Waals surface area contributed by atoms with E-state index in [-0.39, 0.29) is 17.4 Å². The Morgan fingerprint density at radius 1 is 0.964 bits per heavy atom. The molecule has 0 bridgehead atoms. The van der Waals surface area contributed by atoms with E-state index in [2.05, 4.69) is 17.0 Å². The Kier molecular flexibility index (Phi) is 8.13. The van der Waals surface area contributed by atoms with Gasteiger partial charge in [0.15, 0.2) is 6.61 Å². The molecule has 2 aromatic rings. The van der Waals surface area contributed by atoms with Crippen molar-refractivity contribution in [1.29, 1.82) is 0 Å². The van der Waals surface area contributed by atoms with E-state index in [1.165, 1.54) is 24.3 Å². The van der Waals surface area contributed by atoms with Gasteiger partial charge in [0.05, 0.1) is 12.0 Å². The van der Waals surface area contributed by atoms with Crippen molar-refractivity contribution in [1.82, 2.24) is 5.32 Å². The number of benzene rings is 2. The number of anilines is 1. The summed E-state index contributed by atoms with van der Waals surface area (Å²) < 4.78 is 37.9. The number of hydrogen-bond donors (Lipinski definition) is 2. The predicted molar refractivity (Wildman–Crippen MR) is 108 cm³/mol. The molecular weight excluding hydrogens is 380 g/mol. The molecule has 0 saturated carbocycles. The van der Waals surface area contributed by atoms with Crippen LogP contribution in [-0.2, 0) is 14.8 Å². The number of methoxy groups -OCH3 is 1. The summed E-state index contributed by atoms with van der Waals surface area (Å²) in [5, 5.41) is 2.78. The molecule has 0 aliphatic rings. The molecule has 0 unspecified atom stereocenters. The highest BCUT2D eigenvalue weighted by molar-refractivity contribution is 7.92. The van der Waals surface area contributed by atoms with E-state index in [0.717, 1.165) is 19.3 Å². The van der Waals surface area contributed by atoms with E-state index in [0.29, 0.717) is 23.7 Å². The quantitative estimate of drug-likeness (QED) is 0.559. The van der Waals surface area contributed by atoms with E-state index < -0.39 is 10.0 Å². The maximum absolute atomic E-state index is 12.5. The lowest BCUT2D eigenvalue weighted by atomic mass is 10.2. The predicted octanol–water partition coefficient (Wildman–Crippen LogP) is 3.18. The first-order valence-corrected chi connectivity index (χ1v) is 10.6. The molecule has 2 N–H and O–H groups in total. The maximum Gasteiger partial charge on any atom is 0.261 e. The van der Waals surface area contributed by atoms with Crippen LogP contribution < -0.4 is 19.5 Å². The van der Waals surface area contributed by atoms with E-state index in [9.17, 15) is 13.2 Å². The number of rotatable bonds is 11. The average Bonchev–Trinajstić information content (AvgIpc) is 2.70. The van der Waals surface area contributed by atoms with Crippen LogP contribution >= 0.6 is 0 Å². The molecule has 8 heteroatoms. The SMILES string of the molecule is CCCCCNC(=O)COc1ccc(S(=O)(=O)Nc2ccc(OC)cc2)cc1. The minimum Gasteiger partial charge on any atom is -0.497 e. The summed E-state index contributed by atoms with van der Waals surface area (Å²) in [6, 6.07) is 12.5. The average molecular weight is 407 g/mol. The Labute approximate surface area is 166 Å². The van der Waals surface area contributed by atoms with Crippen LogP contribution in [0, 0.1) is 0 Å². The Balaban J connectivity index is 1.88. The van der Waals surface area contributed by atoms with Crippen LogP contribution in [0.1, 0.15) is 26.2 Å². The molecule has 2 aromatic carbocycles. The molecule has 2 rings (SSSR count). The summed E-state index contributed by atoms with van der Waals surface area (Å²) in [5.74, 6) is 0.861. The van der Waals surface area contributed by atoms with Crippen molar-refractivity contribution in [3.05, 3.63) is 48.5 Å². The number of nitrogens with one attached hydrogen (secondary N) is 2. The van der Waals surface area contributed by atoms with Gasteiger partial charge >= 0.3 is 0 Å². The fraction of sp³-hybridized carbons (Fsp3) is 0.350. The zero-order chi connectivity index (χ0) is 20.4. The molecule has 28 heavy (non-hydrogen) atoms. The molecule has 0 aliphatic carbocycles. The van der Waals surface area contributed by atoms with Gasteiger partial charge in [-0.3, -0.25) is 9.52 Å². The third-order valence-corrected chi connectivity index (χ3v) is 5.35. The standard InChI is InChI=1S/C20H26N2O5S/c1-3-4-5-14-21-20(23)15-27-18-10-12-19(13-11-18)28(24,25)22-16-6-8-17(26-2)9-7-16/h6-13,22H,3-5,14-15H2,1-2H3,(H,21,23).